The van der Waals surface area contributed by atoms with Crippen molar-refractivity contribution in [1.82, 2.24) is 5.32 Å². The summed E-state index contributed by atoms with van der Waals surface area (Å²) in [5.74, 6) is 0. The fraction of sp³-hybridized carbons (Fsp3) is 0.500. The second-order valence-electron chi connectivity index (χ2n) is 1.50. The molecule has 0 fully saturated rings. The first-order chi connectivity index (χ1) is 3.91. The number of nitrogens with one attached hydrogen (secondary N) is 1. The molecule has 0 aromatic carbocycles. The van der Waals surface area contributed by atoms with Crippen LogP contribution in [0.2, 0.25) is 0 Å². The molecule has 0 aliphatic carbocycles. The van der Waals surface area contributed by atoms with Gasteiger partial charge in [0.15, 0.2) is 0 Å². The number of carbonyl (C=O) groups is 1. The molecule has 0 aromatic rings. The third-order valence-electron chi connectivity index (χ3n) is 0.813. The molecular formula is C6H11NO. The topological polar surface area (TPSA) is 29.1 Å². The van der Waals surface area contributed by atoms with E-state index >= 15 is 0 Å². The summed E-state index contributed by atoms with van der Waals surface area (Å²) in [6.45, 7) is 4.30. The Morgan fingerprint density at radius 1 is 1.62 bits per heavy atom. The van der Waals surface area contributed by atoms with Crippen molar-refractivity contribution < 1.29 is 4.79 Å². The minimum Gasteiger partial charge on any atom is -0.359 e. The molecule has 0 rings (SSSR count). The minimum atomic E-state index is 0.711. The van der Waals surface area contributed by atoms with Crippen LogP contribution in [0.3, 0.4) is 0 Å². The lowest BCUT2D eigenvalue weighted by atomic mass is 10.3. The van der Waals surface area contributed by atoms with E-state index in [4.69, 9.17) is 0 Å². The third-order valence-corrected chi connectivity index (χ3v) is 0.813. The van der Waals surface area contributed by atoms with Crippen LogP contribution in [0.1, 0.15) is 12.8 Å². The quantitative estimate of drug-likeness (QED) is 0.317. The molecule has 1 amide bonds. The number of allylic oxidation sites excluding steroid dienone is 1. The SMILES string of the molecule is C=CCCCNC=O. The lowest BCUT2D eigenvalue weighted by molar-refractivity contribution is -0.109. The van der Waals surface area contributed by atoms with Gasteiger partial charge in [-0.05, 0) is 12.8 Å². The van der Waals surface area contributed by atoms with Crippen LogP contribution < -0.4 is 5.32 Å². The molecule has 0 aliphatic heterocycles. The number of carbonyl (C=O) groups excluding carboxylic acids is 1. The van der Waals surface area contributed by atoms with Crippen LogP contribution in [0.15, 0.2) is 12.7 Å². The molecule has 0 saturated carbocycles. The zero-order valence-corrected chi connectivity index (χ0v) is 4.89. The highest BCUT2D eigenvalue weighted by molar-refractivity contribution is 5.45. The zero-order chi connectivity index (χ0) is 6.24. The van der Waals surface area contributed by atoms with Crippen LogP contribution >= 0.6 is 0 Å². The summed E-state index contributed by atoms with van der Waals surface area (Å²) in [6, 6.07) is 0. The van der Waals surface area contributed by atoms with Gasteiger partial charge in [-0.2, -0.15) is 0 Å². The highest BCUT2D eigenvalue weighted by Gasteiger charge is 1.78. The molecule has 1 N–H and O–H groups in total. The summed E-state index contributed by atoms with van der Waals surface area (Å²) in [5, 5.41) is 2.55. The van der Waals surface area contributed by atoms with Gasteiger partial charge in [0.2, 0.25) is 6.41 Å². The number of amides is 1. The molecule has 0 spiro atoms. The Labute approximate surface area is 49.6 Å². The van der Waals surface area contributed by atoms with Crippen LogP contribution in [0.4, 0.5) is 0 Å². The number of unbranched alkanes of at least 4 members (excludes halogenated alkanes) is 1. The van der Waals surface area contributed by atoms with Crippen molar-refractivity contribution >= 4 is 6.41 Å². The molecule has 0 aromatic heterocycles. The molecular weight excluding hydrogens is 102 g/mol. The van der Waals surface area contributed by atoms with Crippen LogP contribution in [-0.2, 0) is 4.79 Å². The van der Waals surface area contributed by atoms with E-state index in [1.807, 2.05) is 6.08 Å². The predicted molar refractivity (Wildman–Crippen MR) is 33.5 cm³/mol. The zero-order valence-electron chi connectivity index (χ0n) is 4.89. The first kappa shape index (κ1) is 7.21. The normalized spacial score (nSPS) is 8.00. The Bertz CT molecular complexity index is 60.9. The van der Waals surface area contributed by atoms with Gasteiger partial charge < -0.3 is 5.32 Å². The summed E-state index contributed by atoms with van der Waals surface area (Å²) < 4.78 is 0. The van der Waals surface area contributed by atoms with Crippen molar-refractivity contribution in [3.8, 4) is 0 Å². The van der Waals surface area contributed by atoms with Gasteiger partial charge in [-0.15, -0.1) is 6.58 Å². The fourth-order valence-corrected chi connectivity index (χ4v) is 0.407. The Kier molecular flexibility index (Phi) is 5.60. The second kappa shape index (κ2) is 6.21. The molecule has 0 radical (unpaired) electrons. The Morgan fingerprint density at radius 3 is 2.88 bits per heavy atom. The maximum Gasteiger partial charge on any atom is 0.207 e. The summed E-state index contributed by atoms with van der Waals surface area (Å²) in [6.07, 6.45) is 4.51. The largest absolute Gasteiger partial charge is 0.359 e. The van der Waals surface area contributed by atoms with Crippen LogP contribution in [0, 0.1) is 0 Å². The molecule has 0 bridgehead atoms. The number of hydrogen-bond donors (Lipinski definition) is 1. The van der Waals surface area contributed by atoms with Gasteiger partial charge in [0.05, 0.1) is 0 Å². The number of rotatable bonds is 5. The van der Waals surface area contributed by atoms with Crippen molar-refractivity contribution in [3.63, 3.8) is 0 Å². The average molecular weight is 113 g/mol. The van der Waals surface area contributed by atoms with Crippen molar-refractivity contribution in [2.75, 3.05) is 6.54 Å². The highest BCUT2D eigenvalue weighted by Crippen LogP contribution is 1.84. The molecule has 0 heterocycles. The van der Waals surface area contributed by atoms with Crippen molar-refractivity contribution in [2.24, 2.45) is 0 Å². The first-order valence-corrected chi connectivity index (χ1v) is 2.69. The summed E-state index contributed by atoms with van der Waals surface area (Å²) >= 11 is 0. The Balaban J connectivity index is 2.71. The van der Waals surface area contributed by atoms with E-state index in [0.717, 1.165) is 19.4 Å². The van der Waals surface area contributed by atoms with Gasteiger partial charge in [0, 0.05) is 6.54 Å². The van der Waals surface area contributed by atoms with Gasteiger partial charge in [-0.25, -0.2) is 0 Å². The van der Waals surface area contributed by atoms with Crippen molar-refractivity contribution in [1.29, 1.82) is 0 Å². The lowest BCUT2D eigenvalue weighted by Crippen LogP contribution is -2.11. The first-order valence-electron chi connectivity index (χ1n) is 2.69. The fourth-order valence-electron chi connectivity index (χ4n) is 0.407. The molecule has 8 heavy (non-hydrogen) atoms. The highest BCUT2D eigenvalue weighted by atomic mass is 16.1. The standard InChI is InChI=1S/C6H11NO/c1-2-3-4-5-7-6-8/h2,6H,1,3-5H2,(H,7,8). The van der Waals surface area contributed by atoms with E-state index in [1.54, 1.807) is 0 Å². The van der Waals surface area contributed by atoms with E-state index in [9.17, 15) is 4.79 Å². The van der Waals surface area contributed by atoms with E-state index in [2.05, 4.69) is 11.9 Å². The predicted octanol–water partition coefficient (Wildman–Crippen LogP) is 0.699. The van der Waals surface area contributed by atoms with E-state index in [0.29, 0.717) is 6.41 Å². The minimum absolute atomic E-state index is 0.711. The van der Waals surface area contributed by atoms with Gasteiger partial charge >= 0.3 is 0 Å². The molecule has 0 aliphatic rings. The summed E-state index contributed by atoms with van der Waals surface area (Å²) in [4.78, 5) is 9.63. The van der Waals surface area contributed by atoms with E-state index in [1.165, 1.54) is 0 Å². The molecule has 2 nitrogen and oxygen atoms in total. The maximum absolute atomic E-state index is 9.63. The Morgan fingerprint density at radius 2 is 2.38 bits per heavy atom. The van der Waals surface area contributed by atoms with Gasteiger partial charge in [-0.3, -0.25) is 4.79 Å². The van der Waals surface area contributed by atoms with E-state index in [-0.39, 0.29) is 0 Å². The van der Waals surface area contributed by atoms with E-state index < -0.39 is 0 Å². The maximum atomic E-state index is 9.63. The molecule has 0 atom stereocenters. The van der Waals surface area contributed by atoms with Crippen molar-refractivity contribution in [2.45, 2.75) is 12.8 Å². The molecule has 2 heteroatoms. The van der Waals surface area contributed by atoms with Crippen LogP contribution in [0.5, 0.6) is 0 Å². The lowest BCUT2D eigenvalue weighted by Gasteiger charge is -1.91. The summed E-state index contributed by atoms with van der Waals surface area (Å²) in [5.41, 5.74) is 0. The molecule has 0 saturated heterocycles. The second-order valence-corrected chi connectivity index (χ2v) is 1.50. The monoisotopic (exact) mass is 113 g/mol. The molecule has 0 unspecified atom stereocenters. The van der Waals surface area contributed by atoms with Gasteiger partial charge in [0.25, 0.3) is 0 Å². The molecule has 46 valence electrons. The van der Waals surface area contributed by atoms with Crippen LogP contribution in [-0.4, -0.2) is 13.0 Å². The average Bonchev–Trinajstić information content (AvgIpc) is 1.81. The van der Waals surface area contributed by atoms with Crippen molar-refractivity contribution in [3.05, 3.63) is 12.7 Å². The smallest absolute Gasteiger partial charge is 0.207 e. The number of hydrogen-bond acceptors (Lipinski definition) is 1. The summed E-state index contributed by atoms with van der Waals surface area (Å²) in [7, 11) is 0. The third kappa shape index (κ3) is 5.21. The van der Waals surface area contributed by atoms with Gasteiger partial charge in [0.1, 0.15) is 0 Å². The van der Waals surface area contributed by atoms with Gasteiger partial charge in [-0.1, -0.05) is 6.08 Å². The Hall–Kier alpha value is -0.790. The van der Waals surface area contributed by atoms with Crippen LogP contribution in [0.25, 0.3) is 0 Å².